The highest BCUT2D eigenvalue weighted by Gasteiger charge is 2.10. The predicted molar refractivity (Wildman–Crippen MR) is 88.0 cm³/mol. The van der Waals surface area contributed by atoms with E-state index in [1.54, 1.807) is 0 Å². The smallest absolute Gasteiger partial charge is 0.373 e. The molecule has 0 aromatic heterocycles. The lowest BCUT2D eigenvalue weighted by Gasteiger charge is -2.07. The van der Waals surface area contributed by atoms with Crippen molar-refractivity contribution in [2.24, 2.45) is 5.73 Å². The average Bonchev–Trinajstić information content (AvgIpc) is 2.51. The van der Waals surface area contributed by atoms with E-state index in [0.29, 0.717) is 38.6 Å². The minimum atomic E-state index is -0.990. The van der Waals surface area contributed by atoms with Gasteiger partial charge in [-0.1, -0.05) is 14.4 Å². The number of carboxylic acid groups (broad SMARTS) is 1. The molecule has 0 aliphatic carbocycles. The van der Waals surface area contributed by atoms with Gasteiger partial charge in [-0.2, -0.15) is 9.59 Å². The molecule has 0 radical (unpaired) electrons. The molecular weight excluding hydrogens is 316 g/mol. The van der Waals surface area contributed by atoms with Crippen LogP contribution in [0.1, 0.15) is 65.7 Å². The van der Waals surface area contributed by atoms with Gasteiger partial charge >= 0.3 is 12.1 Å². The minimum absolute atomic E-state index is 0. The maximum Gasteiger partial charge on any atom is 0.373 e. The first-order valence-corrected chi connectivity index (χ1v) is 7.65. The van der Waals surface area contributed by atoms with Gasteiger partial charge in [-0.15, -0.1) is 0 Å². The Morgan fingerprint density at radius 3 is 2.12 bits per heavy atom. The third-order valence-electron chi connectivity index (χ3n) is 3.09. The Kier molecular flexibility index (Phi) is 21.2. The van der Waals surface area contributed by atoms with E-state index in [9.17, 15) is 14.4 Å². The van der Waals surface area contributed by atoms with Crippen molar-refractivity contribution in [2.75, 3.05) is 6.54 Å². The second kappa shape index (κ2) is 19.0. The summed E-state index contributed by atoms with van der Waals surface area (Å²) < 4.78 is 0. The molecule has 4 N–H and O–H groups in total. The number of aliphatic carboxylic acids is 1. The van der Waals surface area contributed by atoms with E-state index in [2.05, 4.69) is 5.32 Å². The van der Waals surface area contributed by atoms with Gasteiger partial charge in [0.15, 0.2) is 0 Å². The van der Waals surface area contributed by atoms with E-state index in [4.69, 9.17) is 20.4 Å². The fourth-order valence-electron chi connectivity index (χ4n) is 1.71. The molecule has 0 aliphatic heterocycles. The molecular formula is C16H30N2O6. The first-order valence-electron chi connectivity index (χ1n) is 7.65. The van der Waals surface area contributed by atoms with Gasteiger partial charge in [0.1, 0.15) is 11.8 Å². The molecule has 0 fully saturated rings. The number of hydrogen-bond donors (Lipinski definition) is 3. The Hall–Kier alpha value is -2.05. The second-order valence-electron chi connectivity index (χ2n) is 4.97. The Morgan fingerprint density at radius 2 is 1.62 bits per heavy atom. The average molecular weight is 346 g/mol. The van der Waals surface area contributed by atoms with Crippen molar-refractivity contribution in [2.45, 2.75) is 71.8 Å². The van der Waals surface area contributed by atoms with E-state index < -0.39 is 12.0 Å². The number of ketones is 1. The quantitative estimate of drug-likeness (QED) is 0.451. The molecule has 0 rings (SSSR count). The highest BCUT2D eigenvalue weighted by Crippen LogP contribution is 2.03. The lowest BCUT2D eigenvalue weighted by atomic mass is 10.1. The number of carbonyl (C=O) groups excluding carboxylic acids is 4. The standard InChI is InChI=1S/C14H26N2O4.CO2.CH4/c1-2-11(17)7-3-4-9-13(18)16-10-6-5-8-12(15)14(19)20;2-1-3;/h12H,2-10,15H2,1H3,(H,16,18)(H,19,20);;1H4. The van der Waals surface area contributed by atoms with Gasteiger partial charge in [-0.25, -0.2) is 0 Å². The number of carbonyl (C=O) groups is 3. The van der Waals surface area contributed by atoms with Crippen molar-refractivity contribution in [3.8, 4) is 0 Å². The fourth-order valence-corrected chi connectivity index (χ4v) is 1.71. The van der Waals surface area contributed by atoms with Crippen LogP contribution >= 0.6 is 0 Å². The number of carboxylic acids is 1. The third kappa shape index (κ3) is 19.9. The second-order valence-corrected chi connectivity index (χ2v) is 4.97. The maximum atomic E-state index is 11.4. The molecule has 0 bridgehead atoms. The molecule has 8 nitrogen and oxygen atoms in total. The Morgan fingerprint density at radius 1 is 1.08 bits per heavy atom. The zero-order chi connectivity index (χ0) is 18.1. The number of hydrogen-bond acceptors (Lipinski definition) is 6. The van der Waals surface area contributed by atoms with Crippen molar-refractivity contribution >= 4 is 23.8 Å². The summed E-state index contributed by atoms with van der Waals surface area (Å²) in [4.78, 5) is 49.2. The molecule has 24 heavy (non-hydrogen) atoms. The molecule has 0 saturated heterocycles. The molecule has 0 aromatic carbocycles. The molecule has 1 unspecified atom stereocenters. The summed E-state index contributed by atoms with van der Waals surface area (Å²) in [5.41, 5.74) is 5.36. The van der Waals surface area contributed by atoms with Crippen molar-refractivity contribution in [3.05, 3.63) is 0 Å². The summed E-state index contributed by atoms with van der Waals surface area (Å²) in [7, 11) is 0. The summed E-state index contributed by atoms with van der Waals surface area (Å²) in [5, 5.41) is 11.4. The molecule has 140 valence electrons. The lowest BCUT2D eigenvalue weighted by Crippen LogP contribution is -2.30. The maximum absolute atomic E-state index is 11.4. The van der Waals surface area contributed by atoms with Crippen LogP contribution in [0.3, 0.4) is 0 Å². The summed E-state index contributed by atoms with van der Waals surface area (Å²) >= 11 is 0. The number of nitrogens with two attached hydrogens (primary N) is 1. The van der Waals surface area contributed by atoms with Gasteiger partial charge in [0.25, 0.3) is 0 Å². The van der Waals surface area contributed by atoms with Crippen LogP contribution in [0.4, 0.5) is 0 Å². The van der Waals surface area contributed by atoms with Gasteiger partial charge < -0.3 is 16.2 Å². The van der Waals surface area contributed by atoms with Gasteiger partial charge in [0.05, 0.1) is 0 Å². The number of rotatable bonds is 12. The van der Waals surface area contributed by atoms with Gasteiger partial charge in [0.2, 0.25) is 5.91 Å². The summed E-state index contributed by atoms with van der Waals surface area (Å²) in [6.07, 6.45) is 5.10. The molecule has 0 heterocycles. The molecule has 0 saturated carbocycles. The first-order chi connectivity index (χ1) is 10.9. The lowest BCUT2D eigenvalue weighted by molar-refractivity contribution is -0.191. The molecule has 8 heteroatoms. The Balaban J connectivity index is -0.00000102. The molecule has 1 atom stereocenters. The molecule has 0 spiro atoms. The van der Waals surface area contributed by atoms with Crippen molar-refractivity contribution in [3.63, 3.8) is 0 Å². The van der Waals surface area contributed by atoms with E-state index in [-0.39, 0.29) is 25.3 Å². The first kappa shape index (κ1) is 26.8. The van der Waals surface area contributed by atoms with Crippen molar-refractivity contribution in [1.29, 1.82) is 0 Å². The number of Topliss-reactive ketones (excluding diaryl/α,β-unsaturated/α-hetero) is 1. The topological polar surface area (TPSA) is 144 Å². The van der Waals surface area contributed by atoms with Crippen LogP contribution < -0.4 is 11.1 Å². The summed E-state index contributed by atoms with van der Waals surface area (Å²) in [6, 6.07) is -0.818. The normalized spacial score (nSPS) is 10.2. The zero-order valence-corrected chi connectivity index (χ0v) is 13.5. The van der Waals surface area contributed by atoms with E-state index in [1.807, 2.05) is 6.92 Å². The SMILES string of the molecule is C.CCC(=O)CCCCC(=O)NCCCCC(N)C(=O)O.O=C=O. The number of amides is 1. The van der Waals surface area contributed by atoms with E-state index >= 15 is 0 Å². The summed E-state index contributed by atoms with van der Waals surface area (Å²) in [6.45, 7) is 2.38. The molecule has 0 aliphatic rings. The highest BCUT2D eigenvalue weighted by atomic mass is 16.4. The van der Waals surface area contributed by atoms with Crippen LogP contribution in [-0.2, 0) is 24.0 Å². The fraction of sp³-hybridized carbons (Fsp3) is 0.750. The molecule has 1 amide bonds. The van der Waals surface area contributed by atoms with Crippen molar-refractivity contribution in [1.82, 2.24) is 5.32 Å². The van der Waals surface area contributed by atoms with Crippen LogP contribution in [0.5, 0.6) is 0 Å². The minimum Gasteiger partial charge on any atom is -0.480 e. The van der Waals surface area contributed by atoms with Gasteiger partial charge in [-0.05, 0) is 32.1 Å². The predicted octanol–water partition coefficient (Wildman–Crippen LogP) is 1.28. The highest BCUT2D eigenvalue weighted by molar-refractivity contribution is 5.78. The number of nitrogens with one attached hydrogen (secondary N) is 1. The van der Waals surface area contributed by atoms with Crippen LogP contribution in [0.25, 0.3) is 0 Å². The van der Waals surface area contributed by atoms with Crippen LogP contribution in [0.2, 0.25) is 0 Å². The summed E-state index contributed by atoms with van der Waals surface area (Å²) in [5.74, 6) is -0.771. The van der Waals surface area contributed by atoms with Crippen LogP contribution in [0, 0.1) is 0 Å². The van der Waals surface area contributed by atoms with Crippen LogP contribution in [-0.4, -0.2) is 41.5 Å². The van der Waals surface area contributed by atoms with Crippen molar-refractivity contribution < 1.29 is 29.1 Å². The van der Waals surface area contributed by atoms with E-state index in [1.165, 1.54) is 0 Å². The van der Waals surface area contributed by atoms with Gasteiger partial charge in [0, 0.05) is 25.8 Å². The van der Waals surface area contributed by atoms with Gasteiger partial charge in [-0.3, -0.25) is 14.4 Å². The number of unbranched alkanes of at least 4 members (excludes halogenated alkanes) is 2. The Bertz CT molecular complexity index is 392. The van der Waals surface area contributed by atoms with E-state index in [0.717, 1.165) is 19.3 Å². The third-order valence-corrected chi connectivity index (χ3v) is 3.09. The zero-order valence-electron chi connectivity index (χ0n) is 13.5. The molecule has 0 aromatic rings. The van der Waals surface area contributed by atoms with Crippen LogP contribution in [0.15, 0.2) is 0 Å². The Labute approximate surface area is 143 Å². The monoisotopic (exact) mass is 346 g/mol. The largest absolute Gasteiger partial charge is 0.480 e.